The summed E-state index contributed by atoms with van der Waals surface area (Å²) in [5.74, 6) is -12.0. The van der Waals surface area contributed by atoms with Crippen LogP contribution >= 0.6 is 11.8 Å². The van der Waals surface area contributed by atoms with E-state index in [2.05, 4.69) is 4.74 Å². The van der Waals surface area contributed by atoms with E-state index in [1.54, 1.807) is 6.92 Å². The topological polar surface area (TPSA) is 26.3 Å². The molecule has 0 bridgehead atoms. The van der Waals surface area contributed by atoms with Gasteiger partial charge in [0.2, 0.25) is 0 Å². The Morgan fingerprint density at radius 1 is 1.14 bits per heavy atom. The van der Waals surface area contributed by atoms with Crippen LogP contribution in [0.25, 0.3) is 0 Å². The van der Waals surface area contributed by atoms with Crippen LogP contribution in [-0.2, 0) is 9.53 Å². The van der Waals surface area contributed by atoms with Crippen molar-refractivity contribution in [3.63, 3.8) is 0 Å². The van der Waals surface area contributed by atoms with E-state index < -0.39 is 42.1 Å². The van der Waals surface area contributed by atoms with Crippen LogP contribution in [0.15, 0.2) is 0 Å². The molecule has 0 aromatic rings. The predicted molar refractivity (Wildman–Crippen MR) is 68.4 cm³/mol. The highest BCUT2D eigenvalue weighted by atomic mass is 32.2. The molecular weight excluding hydrogens is 341 g/mol. The number of alkyl halides is 7. The first-order valence-electron chi connectivity index (χ1n) is 6.42. The fourth-order valence-electron chi connectivity index (χ4n) is 1.55. The average molecular weight is 358 g/mol. The molecular formula is C12H17F7O2S. The van der Waals surface area contributed by atoms with Gasteiger partial charge in [0.1, 0.15) is 5.25 Å². The van der Waals surface area contributed by atoms with E-state index in [0.717, 1.165) is 18.9 Å². The second kappa shape index (κ2) is 8.26. The molecule has 10 heteroatoms. The van der Waals surface area contributed by atoms with E-state index in [0.29, 0.717) is 12.8 Å². The number of carbonyl (C=O) groups excluding carboxylic acids is 1. The minimum Gasteiger partial charge on any atom is -0.468 e. The Morgan fingerprint density at radius 3 is 2.09 bits per heavy atom. The molecule has 22 heavy (non-hydrogen) atoms. The Balaban J connectivity index is 4.48. The van der Waals surface area contributed by atoms with Crippen molar-refractivity contribution < 1.29 is 40.3 Å². The molecule has 0 saturated carbocycles. The van der Waals surface area contributed by atoms with Crippen LogP contribution in [0, 0.1) is 0 Å². The van der Waals surface area contributed by atoms with E-state index in [9.17, 15) is 35.5 Å². The average Bonchev–Trinajstić information content (AvgIpc) is 2.39. The van der Waals surface area contributed by atoms with Gasteiger partial charge in [-0.2, -0.15) is 30.7 Å². The highest BCUT2D eigenvalue weighted by Gasteiger charge is 2.72. The molecule has 0 rings (SSSR count). The summed E-state index contributed by atoms with van der Waals surface area (Å²) >= 11 is 0.904. The lowest BCUT2D eigenvalue weighted by molar-refractivity contribution is -0.355. The minimum absolute atomic E-state index is 0.150. The second-order valence-corrected chi connectivity index (χ2v) is 5.86. The number of ether oxygens (including phenoxy) is 1. The number of rotatable bonds is 9. The molecule has 0 amide bonds. The highest BCUT2D eigenvalue weighted by molar-refractivity contribution is 8.00. The number of esters is 1. The van der Waals surface area contributed by atoms with Crippen LogP contribution in [0.3, 0.4) is 0 Å². The monoisotopic (exact) mass is 358 g/mol. The third kappa shape index (κ3) is 5.51. The van der Waals surface area contributed by atoms with Crippen LogP contribution in [0.4, 0.5) is 30.7 Å². The van der Waals surface area contributed by atoms with Crippen molar-refractivity contribution in [1.29, 1.82) is 0 Å². The summed E-state index contributed by atoms with van der Waals surface area (Å²) in [6.45, 7) is 1.77. The van der Waals surface area contributed by atoms with Gasteiger partial charge in [-0.1, -0.05) is 13.3 Å². The van der Waals surface area contributed by atoms with E-state index >= 15 is 0 Å². The van der Waals surface area contributed by atoms with Crippen molar-refractivity contribution in [1.82, 2.24) is 0 Å². The van der Waals surface area contributed by atoms with Gasteiger partial charge < -0.3 is 4.74 Å². The maximum Gasteiger partial charge on any atom is 0.459 e. The Morgan fingerprint density at radius 2 is 1.68 bits per heavy atom. The summed E-state index contributed by atoms with van der Waals surface area (Å²) in [7, 11) is 1.14. The summed E-state index contributed by atoms with van der Waals surface area (Å²) < 4.78 is 91.6. The zero-order valence-electron chi connectivity index (χ0n) is 12.0. The fraction of sp³-hybridized carbons (Fsp3) is 0.917. The van der Waals surface area contributed by atoms with E-state index in [1.165, 1.54) is 0 Å². The minimum atomic E-state index is -6.31. The third-order valence-corrected chi connectivity index (χ3v) is 4.14. The number of hydrogen-bond acceptors (Lipinski definition) is 3. The van der Waals surface area contributed by atoms with Crippen molar-refractivity contribution in [3.8, 4) is 0 Å². The fourth-order valence-corrected chi connectivity index (χ4v) is 2.78. The van der Waals surface area contributed by atoms with Gasteiger partial charge >= 0.3 is 24.0 Å². The summed E-state index contributed by atoms with van der Waals surface area (Å²) in [6.07, 6.45) is -7.50. The summed E-state index contributed by atoms with van der Waals surface area (Å²) in [5, 5.41) is -0.647. The first-order valence-corrected chi connectivity index (χ1v) is 7.47. The largest absolute Gasteiger partial charge is 0.468 e. The molecule has 0 aliphatic heterocycles. The number of methoxy groups -OCH3 is 1. The quantitative estimate of drug-likeness (QED) is 0.340. The number of thioether (sulfide) groups is 1. The predicted octanol–water partition coefficient (Wildman–Crippen LogP) is 4.67. The van der Waals surface area contributed by atoms with E-state index in [1.807, 2.05) is 0 Å². The molecule has 0 saturated heterocycles. The molecule has 1 atom stereocenters. The molecule has 0 aliphatic rings. The van der Waals surface area contributed by atoms with E-state index in [-0.39, 0.29) is 5.75 Å². The Kier molecular flexibility index (Phi) is 8.01. The number of hydrogen-bond donors (Lipinski definition) is 0. The van der Waals surface area contributed by atoms with Gasteiger partial charge in [0.25, 0.3) is 0 Å². The van der Waals surface area contributed by atoms with Crippen molar-refractivity contribution in [3.05, 3.63) is 0 Å². The molecule has 0 N–H and O–H groups in total. The molecule has 132 valence electrons. The lowest BCUT2D eigenvalue weighted by atomic mass is 10.1. The molecule has 0 radical (unpaired) electrons. The van der Waals surface area contributed by atoms with Crippen molar-refractivity contribution >= 4 is 17.7 Å². The van der Waals surface area contributed by atoms with Crippen LogP contribution in [0.1, 0.15) is 32.6 Å². The van der Waals surface area contributed by atoms with Crippen LogP contribution in [0.2, 0.25) is 0 Å². The molecule has 0 fully saturated rings. The first-order chi connectivity index (χ1) is 9.90. The normalized spacial score (nSPS) is 14.8. The van der Waals surface area contributed by atoms with Gasteiger partial charge in [-0.3, -0.25) is 4.79 Å². The Labute approximate surface area is 127 Å². The molecule has 0 aromatic carbocycles. The van der Waals surface area contributed by atoms with Crippen LogP contribution in [-0.4, -0.2) is 42.1 Å². The molecule has 0 aromatic heterocycles. The van der Waals surface area contributed by atoms with Crippen LogP contribution in [0.5, 0.6) is 0 Å². The lowest BCUT2D eigenvalue weighted by Gasteiger charge is -2.28. The number of halogens is 7. The standard InChI is InChI=1S/C12H17F7O2S/c1-3-5-8(9(20)21-2)22-7-4-6-10(13,14)11(15,16)12(17,18)19/h8H,3-7H2,1-2H3. The van der Waals surface area contributed by atoms with Crippen molar-refractivity contribution in [2.75, 3.05) is 12.9 Å². The van der Waals surface area contributed by atoms with Crippen molar-refractivity contribution in [2.45, 2.75) is 55.9 Å². The molecule has 2 nitrogen and oxygen atoms in total. The smallest absolute Gasteiger partial charge is 0.459 e. The van der Waals surface area contributed by atoms with E-state index in [4.69, 9.17) is 0 Å². The van der Waals surface area contributed by atoms with Gasteiger partial charge in [-0.15, -0.1) is 11.8 Å². The summed E-state index contributed by atoms with van der Waals surface area (Å²) in [5.41, 5.74) is 0. The lowest BCUT2D eigenvalue weighted by Crippen LogP contribution is -2.51. The molecule has 0 heterocycles. The van der Waals surface area contributed by atoms with Gasteiger partial charge in [0, 0.05) is 6.42 Å². The zero-order valence-corrected chi connectivity index (χ0v) is 12.8. The maximum absolute atomic E-state index is 13.0. The third-order valence-electron chi connectivity index (χ3n) is 2.78. The van der Waals surface area contributed by atoms with Crippen LogP contribution < -0.4 is 0 Å². The summed E-state index contributed by atoms with van der Waals surface area (Å²) in [6, 6.07) is 0. The highest BCUT2D eigenvalue weighted by Crippen LogP contribution is 2.48. The molecule has 0 aliphatic carbocycles. The summed E-state index contributed by atoms with van der Waals surface area (Å²) in [4.78, 5) is 11.3. The van der Waals surface area contributed by atoms with Gasteiger partial charge in [0.05, 0.1) is 7.11 Å². The Bertz CT molecular complexity index is 358. The molecule has 1 unspecified atom stereocenters. The number of carbonyl (C=O) groups is 1. The van der Waals surface area contributed by atoms with Crippen molar-refractivity contribution in [2.24, 2.45) is 0 Å². The van der Waals surface area contributed by atoms with Gasteiger partial charge in [-0.25, -0.2) is 0 Å². The Hall–Kier alpha value is -0.670. The SMILES string of the molecule is CCCC(SCCCC(F)(F)C(F)(F)C(F)(F)F)C(=O)OC. The zero-order chi connectivity index (χ0) is 17.6. The second-order valence-electron chi connectivity index (χ2n) is 4.55. The molecule has 0 spiro atoms. The first kappa shape index (κ1) is 21.3. The van der Waals surface area contributed by atoms with Gasteiger partial charge in [0.15, 0.2) is 0 Å². The van der Waals surface area contributed by atoms with Gasteiger partial charge in [-0.05, 0) is 18.6 Å². The maximum atomic E-state index is 13.0.